The summed E-state index contributed by atoms with van der Waals surface area (Å²) < 4.78 is 11.5. The molecule has 0 heterocycles. The Morgan fingerprint density at radius 2 is 1.67 bits per heavy atom. The quantitative estimate of drug-likeness (QED) is 0.449. The molecule has 0 saturated carbocycles. The lowest BCUT2D eigenvalue weighted by atomic mass is 10.2. The molecule has 0 saturated heterocycles. The summed E-state index contributed by atoms with van der Waals surface area (Å²) in [5, 5.41) is 2.59. The van der Waals surface area contributed by atoms with Gasteiger partial charge < -0.3 is 19.9 Å². The Morgan fingerprint density at radius 3 is 2.17 bits per heavy atom. The Bertz CT molecular complexity index is 221. The molecule has 0 atom stereocenters. The standard InChI is InChI=1S/C12H28N2O3Si/c1-4-16-18(3,17-5-2)11-9-7-6-8-10-14-12(13)15/h4-11H2,1-3H3,(H3,13,14,15). The molecule has 0 fully saturated rings. The summed E-state index contributed by atoms with van der Waals surface area (Å²) in [6.45, 7) is 8.28. The van der Waals surface area contributed by atoms with Crippen LogP contribution in [0.25, 0.3) is 0 Å². The minimum Gasteiger partial charge on any atom is -0.395 e. The van der Waals surface area contributed by atoms with Crippen molar-refractivity contribution in [3.63, 3.8) is 0 Å². The van der Waals surface area contributed by atoms with Crippen LogP contribution in [0.3, 0.4) is 0 Å². The molecule has 0 aliphatic rings. The largest absolute Gasteiger partial charge is 0.395 e. The highest BCUT2D eigenvalue weighted by atomic mass is 28.4. The number of urea groups is 1. The van der Waals surface area contributed by atoms with Gasteiger partial charge in [0, 0.05) is 19.8 Å². The fraction of sp³-hybridized carbons (Fsp3) is 0.917. The number of amides is 2. The van der Waals surface area contributed by atoms with Gasteiger partial charge in [-0.25, -0.2) is 4.79 Å². The van der Waals surface area contributed by atoms with Crippen molar-refractivity contribution in [1.82, 2.24) is 5.32 Å². The van der Waals surface area contributed by atoms with E-state index in [1.165, 1.54) is 0 Å². The first kappa shape index (κ1) is 17.4. The van der Waals surface area contributed by atoms with Crippen LogP contribution in [-0.4, -0.2) is 34.4 Å². The van der Waals surface area contributed by atoms with Crippen LogP contribution in [0.1, 0.15) is 39.5 Å². The average molecular weight is 276 g/mol. The zero-order chi connectivity index (χ0) is 13.9. The van der Waals surface area contributed by atoms with Gasteiger partial charge in [-0.15, -0.1) is 0 Å². The van der Waals surface area contributed by atoms with Gasteiger partial charge in [-0.1, -0.05) is 19.3 Å². The van der Waals surface area contributed by atoms with E-state index in [9.17, 15) is 4.79 Å². The molecule has 0 aromatic rings. The minimum atomic E-state index is -1.93. The van der Waals surface area contributed by atoms with Gasteiger partial charge in [-0.2, -0.15) is 0 Å². The van der Waals surface area contributed by atoms with Gasteiger partial charge in [0.1, 0.15) is 0 Å². The maximum Gasteiger partial charge on any atom is 0.334 e. The average Bonchev–Trinajstić information content (AvgIpc) is 2.28. The van der Waals surface area contributed by atoms with E-state index in [1.807, 2.05) is 13.8 Å². The first-order valence-corrected chi connectivity index (χ1v) is 9.37. The molecule has 0 radical (unpaired) electrons. The van der Waals surface area contributed by atoms with Gasteiger partial charge in [0.25, 0.3) is 0 Å². The molecule has 3 N–H and O–H groups in total. The lowest BCUT2D eigenvalue weighted by Crippen LogP contribution is -2.38. The van der Waals surface area contributed by atoms with Crippen LogP contribution in [0, 0.1) is 0 Å². The number of hydrogen-bond donors (Lipinski definition) is 2. The molecule has 6 heteroatoms. The van der Waals surface area contributed by atoms with Crippen molar-refractivity contribution in [3.05, 3.63) is 0 Å². The number of nitrogens with one attached hydrogen (secondary N) is 1. The van der Waals surface area contributed by atoms with Crippen LogP contribution < -0.4 is 11.1 Å². The smallest absolute Gasteiger partial charge is 0.334 e. The number of unbranched alkanes of at least 4 members (excludes halogenated alkanes) is 3. The molecule has 0 aromatic heterocycles. The van der Waals surface area contributed by atoms with E-state index in [0.717, 1.165) is 44.9 Å². The van der Waals surface area contributed by atoms with Crippen LogP contribution in [0.15, 0.2) is 0 Å². The Morgan fingerprint density at radius 1 is 1.11 bits per heavy atom. The van der Waals surface area contributed by atoms with Crippen LogP contribution >= 0.6 is 0 Å². The van der Waals surface area contributed by atoms with Crippen molar-refractivity contribution in [2.24, 2.45) is 5.73 Å². The molecule has 0 unspecified atom stereocenters. The summed E-state index contributed by atoms with van der Waals surface area (Å²) in [5.41, 5.74) is 4.98. The number of carbonyl (C=O) groups excluding carboxylic acids is 1. The summed E-state index contributed by atoms with van der Waals surface area (Å²) in [5.74, 6) is 0. The first-order chi connectivity index (χ1) is 8.54. The van der Waals surface area contributed by atoms with Gasteiger partial charge in [0.15, 0.2) is 0 Å². The predicted octanol–water partition coefficient (Wildman–Crippen LogP) is 2.36. The fourth-order valence-corrected chi connectivity index (χ4v) is 4.42. The van der Waals surface area contributed by atoms with Crippen molar-refractivity contribution in [1.29, 1.82) is 0 Å². The number of carbonyl (C=O) groups is 1. The second-order valence-corrected chi connectivity index (χ2v) is 7.80. The molecule has 5 nitrogen and oxygen atoms in total. The third kappa shape index (κ3) is 9.44. The van der Waals surface area contributed by atoms with Crippen LogP contribution in [0.2, 0.25) is 12.6 Å². The summed E-state index contributed by atoms with van der Waals surface area (Å²) in [4.78, 5) is 10.4. The number of rotatable bonds is 11. The van der Waals surface area contributed by atoms with E-state index >= 15 is 0 Å². The molecular formula is C12H28N2O3Si. The van der Waals surface area contributed by atoms with Gasteiger partial charge in [0.2, 0.25) is 0 Å². The van der Waals surface area contributed by atoms with Crippen molar-refractivity contribution < 1.29 is 13.6 Å². The van der Waals surface area contributed by atoms with Gasteiger partial charge in [-0.3, -0.25) is 0 Å². The van der Waals surface area contributed by atoms with Gasteiger partial charge in [-0.05, 0) is 32.9 Å². The van der Waals surface area contributed by atoms with E-state index in [0.29, 0.717) is 6.54 Å². The molecule has 0 aliphatic heterocycles. The number of primary amides is 1. The van der Waals surface area contributed by atoms with Crippen LogP contribution in [0.4, 0.5) is 4.79 Å². The van der Waals surface area contributed by atoms with E-state index in [1.54, 1.807) is 0 Å². The zero-order valence-electron chi connectivity index (χ0n) is 12.0. The van der Waals surface area contributed by atoms with E-state index in [-0.39, 0.29) is 0 Å². The highest BCUT2D eigenvalue weighted by Gasteiger charge is 2.29. The molecule has 108 valence electrons. The Kier molecular flexibility index (Phi) is 10.00. The molecule has 0 spiro atoms. The summed E-state index contributed by atoms with van der Waals surface area (Å²) in [6.07, 6.45) is 4.34. The minimum absolute atomic E-state index is 0.442. The monoisotopic (exact) mass is 276 g/mol. The molecule has 0 rings (SSSR count). The van der Waals surface area contributed by atoms with Gasteiger partial charge >= 0.3 is 14.6 Å². The molecule has 0 bridgehead atoms. The molecule has 0 aliphatic carbocycles. The predicted molar refractivity (Wildman–Crippen MR) is 75.7 cm³/mol. The van der Waals surface area contributed by atoms with E-state index in [2.05, 4.69) is 11.9 Å². The molecule has 2 amide bonds. The van der Waals surface area contributed by atoms with E-state index < -0.39 is 14.6 Å². The van der Waals surface area contributed by atoms with Crippen molar-refractivity contribution in [2.75, 3.05) is 19.8 Å². The lowest BCUT2D eigenvalue weighted by Gasteiger charge is -2.25. The number of nitrogens with two attached hydrogens (primary N) is 1. The highest BCUT2D eigenvalue weighted by Crippen LogP contribution is 2.18. The maximum absolute atomic E-state index is 10.4. The third-order valence-electron chi connectivity index (χ3n) is 2.76. The second-order valence-electron chi connectivity index (χ2n) is 4.46. The number of hydrogen-bond acceptors (Lipinski definition) is 3. The van der Waals surface area contributed by atoms with Crippen molar-refractivity contribution in [3.8, 4) is 0 Å². The Labute approximate surface area is 112 Å². The first-order valence-electron chi connectivity index (χ1n) is 6.85. The Hall–Kier alpha value is -0.593. The van der Waals surface area contributed by atoms with E-state index in [4.69, 9.17) is 14.6 Å². The summed E-state index contributed by atoms with van der Waals surface area (Å²) >= 11 is 0. The topological polar surface area (TPSA) is 73.6 Å². The fourth-order valence-electron chi connectivity index (χ4n) is 1.93. The maximum atomic E-state index is 10.4. The van der Waals surface area contributed by atoms with Gasteiger partial charge in [0.05, 0.1) is 0 Å². The third-order valence-corrected chi connectivity index (χ3v) is 5.82. The lowest BCUT2D eigenvalue weighted by molar-refractivity contribution is 0.188. The zero-order valence-corrected chi connectivity index (χ0v) is 13.0. The molecular weight excluding hydrogens is 248 g/mol. The van der Waals surface area contributed by atoms with Crippen LogP contribution in [-0.2, 0) is 8.85 Å². The normalized spacial score (nSPS) is 11.5. The van der Waals surface area contributed by atoms with Crippen molar-refractivity contribution >= 4 is 14.6 Å². The summed E-state index contributed by atoms with van der Waals surface area (Å²) in [7, 11) is -1.93. The highest BCUT2D eigenvalue weighted by molar-refractivity contribution is 6.66. The Balaban J connectivity index is 3.57. The molecule has 18 heavy (non-hydrogen) atoms. The van der Waals surface area contributed by atoms with Crippen molar-refractivity contribution in [2.45, 2.75) is 52.1 Å². The molecule has 0 aromatic carbocycles. The summed E-state index contributed by atoms with van der Waals surface area (Å²) in [6, 6.07) is 0.598. The second kappa shape index (κ2) is 10.3. The SMILES string of the molecule is CCO[Si](C)(CCCCCCNC(N)=O)OCC. The van der Waals surface area contributed by atoms with Crippen LogP contribution in [0.5, 0.6) is 0 Å².